The minimum absolute atomic E-state index is 0.124. The molecule has 0 spiro atoms. The Balaban J connectivity index is 2.74. The molecule has 2 aromatic carbocycles. The summed E-state index contributed by atoms with van der Waals surface area (Å²) >= 11 is 0. The Morgan fingerprint density at radius 3 is 1.80 bits per heavy atom. The first kappa shape index (κ1) is 19.2. The Morgan fingerprint density at radius 2 is 1.44 bits per heavy atom. The molecule has 0 atom stereocenters. The number of hydrogen-bond acceptors (Lipinski definition) is 1. The van der Waals surface area contributed by atoms with Crippen molar-refractivity contribution in [2.45, 2.75) is 43.7 Å². The summed E-state index contributed by atoms with van der Waals surface area (Å²) in [5.74, 6) is -0.910. The summed E-state index contributed by atoms with van der Waals surface area (Å²) in [6, 6.07) is 20.1. The van der Waals surface area contributed by atoms with Crippen molar-refractivity contribution in [2.75, 3.05) is 0 Å². The summed E-state index contributed by atoms with van der Waals surface area (Å²) in [6.45, 7) is 10.8. The Kier molecular flexibility index (Phi) is 6.01. The van der Waals surface area contributed by atoms with Gasteiger partial charge in [-0.05, 0) is 16.2 Å². The molecule has 0 amide bonds. The quantitative estimate of drug-likeness (QED) is 0.550. The first-order valence-corrected chi connectivity index (χ1v) is 10.3. The SMILES string of the molecule is C=C(C(=O)O)C([SiH2]C(C)(C)CCC)(c1ccccc1)c1ccccc1. The maximum absolute atomic E-state index is 12.1. The molecule has 1 N–H and O–H groups in total. The van der Waals surface area contributed by atoms with Crippen molar-refractivity contribution in [1.29, 1.82) is 0 Å². The van der Waals surface area contributed by atoms with E-state index >= 15 is 0 Å². The molecular formula is C22H28O2Si. The van der Waals surface area contributed by atoms with Gasteiger partial charge in [-0.15, -0.1) is 0 Å². The number of carboxylic acids is 1. The lowest BCUT2D eigenvalue weighted by Gasteiger charge is -2.41. The van der Waals surface area contributed by atoms with E-state index in [9.17, 15) is 9.90 Å². The van der Waals surface area contributed by atoms with Crippen molar-refractivity contribution in [1.82, 2.24) is 0 Å². The van der Waals surface area contributed by atoms with Gasteiger partial charge in [0.15, 0.2) is 0 Å². The summed E-state index contributed by atoms with van der Waals surface area (Å²) in [5.41, 5.74) is 2.38. The molecule has 0 saturated heterocycles. The van der Waals surface area contributed by atoms with Crippen LogP contribution in [0.25, 0.3) is 0 Å². The van der Waals surface area contributed by atoms with Crippen LogP contribution < -0.4 is 0 Å². The molecule has 0 radical (unpaired) electrons. The van der Waals surface area contributed by atoms with Crippen LogP contribution in [0.1, 0.15) is 44.7 Å². The molecule has 2 aromatic rings. The Morgan fingerprint density at radius 1 is 1.00 bits per heavy atom. The van der Waals surface area contributed by atoms with Gasteiger partial charge in [0.1, 0.15) is 0 Å². The highest BCUT2D eigenvalue weighted by molar-refractivity contribution is 6.48. The number of hydrogen-bond donors (Lipinski definition) is 1. The van der Waals surface area contributed by atoms with Crippen LogP contribution in [0.2, 0.25) is 5.04 Å². The van der Waals surface area contributed by atoms with E-state index in [1.165, 1.54) is 0 Å². The van der Waals surface area contributed by atoms with E-state index in [-0.39, 0.29) is 5.04 Å². The summed E-state index contributed by atoms with van der Waals surface area (Å²) in [7, 11) is -0.932. The number of aliphatic carboxylic acids is 1. The van der Waals surface area contributed by atoms with E-state index in [1.54, 1.807) is 0 Å². The summed E-state index contributed by atoms with van der Waals surface area (Å²) in [5, 5.41) is 9.41. The highest BCUT2D eigenvalue weighted by Gasteiger charge is 2.44. The second kappa shape index (κ2) is 7.83. The highest BCUT2D eigenvalue weighted by Crippen LogP contribution is 2.45. The van der Waals surface area contributed by atoms with Gasteiger partial charge in [0.2, 0.25) is 0 Å². The van der Waals surface area contributed by atoms with Crippen LogP contribution in [0, 0.1) is 0 Å². The van der Waals surface area contributed by atoms with Crippen LogP contribution >= 0.6 is 0 Å². The lowest BCUT2D eigenvalue weighted by atomic mass is 9.84. The molecule has 2 rings (SSSR count). The molecule has 3 heteroatoms. The van der Waals surface area contributed by atoms with E-state index in [4.69, 9.17) is 0 Å². The van der Waals surface area contributed by atoms with E-state index < -0.39 is 20.5 Å². The third kappa shape index (κ3) is 4.10. The van der Waals surface area contributed by atoms with Gasteiger partial charge in [-0.1, -0.05) is 101 Å². The van der Waals surface area contributed by atoms with Crippen molar-refractivity contribution >= 4 is 15.5 Å². The third-order valence-corrected chi connectivity index (χ3v) is 8.06. The van der Waals surface area contributed by atoms with Gasteiger partial charge in [0, 0.05) is 10.6 Å². The fourth-order valence-electron chi connectivity index (χ4n) is 3.94. The molecule has 0 aromatic heterocycles. The number of carbonyl (C=O) groups is 1. The second-order valence-corrected chi connectivity index (χ2v) is 10.8. The number of carboxylic acid groups (broad SMARTS) is 1. The van der Waals surface area contributed by atoms with Gasteiger partial charge >= 0.3 is 5.97 Å². The van der Waals surface area contributed by atoms with Gasteiger partial charge in [0.05, 0.1) is 9.52 Å². The van der Waals surface area contributed by atoms with Crippen LogP contribution in [0.4, 0.5) is 0 Å². The Bertz CT molecular complexity index is 681. The standard InChI is InChI=1S/C22H28O2Si/c1-5-16-21(3,4)25-22(17(2)20(23)24,18-12-8-6-9-13-18)19-14-10-7-11-15-19/h6-15H,2,5,16,25H2,1,3-4H3,(H,23,24). The van der Waals surface area contributed by atoms with E-state index in [2.05, 4.69) is 51.6 Å². The maximum Gasteiger partial charge on any atom is 0.331 e. The number of rotatable bonds is 8. The molecule has 0 fully saturated rings. The fraction of sp³-hybridized carbons (Fsp3) is 0.318. The molecule has 0 aliphatic heterocycles. The number of benzene rings is 2. The van der Waals surface area contributed by atoms with Crippen LogP contribution in [0.3, 0.4) is 0 Å². The summed E-state index contributed by atoms with van der Waals surface area (Å²) in [6.07, 6.45) is 2.19. The molecule has 0 aliphatic carbocycles. The average Bonchev–Trinajstić information content (AvgIpc) is 2.60. The van der Waals surface area contributed by atoms with E-state index in [0.29, 0.717) is 5.57 Å². The van der Waals surface area contributed by atoms with Crippen LogP contribution in [0.15, 0.2) is 72.8 Å². The molecule has 0 aliphatic rings. The molecule has 2 nitrogen and oxygen atoms in total. The predicted octanol–water partition coefficient (Wildman–Crippen LogP) is 4.74. The molecule has 0 unspecified atom stereocenters. The maximum atomic E-state index is 12.1. The molecule has 0 saturated carbocycles. The van der Waals surface area contributed by atoms with Crippen LogP contribution in [0.5, 0.6) is 0 Å². The zero-order valence-corrected chi connectivity index (χ0v) is 16.9. The largest absolute Gasteiger partial charge is 0.478 e. The van der Waals surface area contributed by atoms with Gasteiger partial charge in [0.25, 0.3) is 0 Å². The first-order valence-electron chi connectivity index (χ1n) is 8.87. The van der Waals surface area contributed by atoms with Crippen molar-refractivity contribution in [3.05, 3.63) is 83.9 Å². The van der Waals surface area contributed by atoms with Crippen molar-refractivity contribution < 1.29 is 9.90 Å². The smallest absolute Gasteiger partial charge is 0.331 e. The second-order valence-electron chi connectivity index (χ2n) is 7.51. The normalized spacial score (nSPS) is 12.4. The first-order chi connectivity index (χ1) is 11.8. The fourth-order valence-corrected chi connectivity index (χ4v) is 7.15. The minimum atomic E-state index is -0.932. The van der Waals surface area contributed by atoms with Crippen LogP contribution in [-0.4, -0.2) is 20.6 Å². The molecule has 132 valence electrons. The zero-order valence-electron chi connectivity index (χ0n) is 15.5. The Hall–Kier alpha value is -2.13. The van der Waals surface area contributed by atoms with Crippen molar-refractivity contribution in [3.8, 4) is 0 Å². The average molecular weight is 353 g/mol. The molecule has 0 heterocycles. The third-order valence-electron chi connectivity index (χ3n) is 4.98. The highest BCUT2D eigenvalue weighted by atomic mass is 28.2. The van der Waals surface area contributed by atoms with Crippen molar-refractivity contribution in [3.63, 3.8) is 0 Å². The minimum Gasteiger partial charge on any atom is -0.478 e. The zero-order chi connectivity index (χ0) is 18.5. The van der Waals surface area contributed by atoms with E-state index in [1.807, 2.05) is 36.4 Å². The monoisotopic (exact) mass is 352 g/mol. The van der Waals surface area contributed by atoms with Crippen LogP contribution in [-0.2, 0) is 9.83 Å². The van der Waals surface area contributed by atoms with Gasteiger partial charge in [-0.25, -0.2) is 4.79 Å². The summed E-state index contributed by atoms with van der Waals surface area (Å²) in [4.78, 5) is 12.1. The van der Waals surface area contributed by atoms with Gasteiger partial charge in [-0.2, -0.15) is 0 Å². The molecule has 0 bridgehead atoms. The van der Waals surface area contributed by atoms with E-state index in [0.717, 1.165) is 24.0 Å². The van der Waals surface area contributed by atoms with Crippen molar-refractivity contribution in [2.24, 2.45) is 0 Å². The Labute approximate surface area is 153 Å². The predicted molar refractivity (Wildman–Crippen MR) is 108 cm³/mol. The van der Waals surface area contributed by atoms with Gasteiger partial charge < -0.3 is 5.11 Å². The molecular weight excluding hydrogens is 324 g/mol. The van der Waals surface area contributed by atoms with Gasteiger partial charge in [-0.3, -0.25) is 0 Å². The summed E-state index contributed by atoms with van der Waals surface area (Å²) < 4.78 is 0. The topological polar surface area (TPSA) is 37.3 Å². The molecule has 25 heavy (non-hydrogen) atoms. The lowest BCUT2D eigenvalue weighted by Crippen LogP contribution is -2.43. The lowest BCUT2D eigenvalue weighted by molar-refractivity contribution is -0.133.